The number of carbonyl (C=O) groups is 1. The predicted octanol–water partition coefficient (Wildman–Crippen LogP) is 4.16. The van der Waals surface area contributed by atoms with Gasteiger partial charge in [0.1, 0.15) is 17.2 Å². The molecule has 34 heavy (non-hydrogen) atoms. The summed E-state index contributed by atoms with van der Waals surface area (Å²) in [5.74, 6) is 0.451. The number of nitrogens with one attached hydrogen (secondary N) is 1. The molecule has 3 aromatic heterocycles. The summed E-state index contributed by atoms with van der Waals surface area (Å²) < 4.78 is 15.3. The highest BCUT2D eigenvalue weighted by atomic mass is 32.1. The quantitative estimate of drug-likeness (QED) is 0.474. The Hall–Kier alpha value is -3.53. The minimum absolute atomic E-state index is 0.0465. The summed E-state index contributed by atoms with van der Waals surface area (Å²) in [4.78, 5) is 26.5. The second-order valence-corrected chi connectivity index (χ2v) is 10.2. The van der Waals surface area contributed by atoms with Crippen LogP contribution in [0.4, 0.5) is 15.3 Å². The van der Waals surface area contributed by atoms with Crippen LogP contribution in [0.15, 0.2) is 48.7 Å². The first-order valence-corrected chi connectivity index (χ1v) is 12.0. The van der Waals surface area contributed by atoms with Crippen molar-refractivity contribution in [2.75, 3.05) is 36.4 Å². The van der Waals surface area contributed by atoms with Crippen LogP contribution in [0.2, 0.25) is 0 Å². The molecule has 0 unspecified atom stereocenters. The third-order valence-corrected chi connectivity index (χ3v) is 6.49. The van der Waals surface area contributed by atoms with Gasteiger partial charge in [-0.05, 0) is 57.2 Å². The van der Waals surface area contributed by atoms with Crippen molar-refractivity contribution in [2.24, 2.45) is 0 Å². The molecule has 176 valence electrons. The lowest BCUT2D eigenvalue weighted by molar-refractivity contribution is 0.0741. The first-order chi connectivity index (χ1) is 16.3. The molecule has 0 radical (unpaired) electrons. The highest BCUT2D eigenvalue weighted by molar-refractivity contribution is 7.20. The van der Waals surface area contributed by atoms with Crippen LogP contribution in [0.5, 0.6) is 0 Å². The molecule has 0 aliphatic carbocycles. The van der Waals surface area contributed by atoms with E-state index in [1.54, 1.807) is 30.5 Å². The number of carbonyl (C=O) groups excluding carboxylic acids is 1. The lowest BCUT2D eigenvalue weighted by Gasteiger charge is -2.34. The van der Waals surface area contributed by atoms with Gasteiger partial charge in [0.15, 0.2) is 5.82 Å². The maximum atomic E-state index is 13.5. The number of aromatic nitrogens is 4. The largest absolute Gasteiger partial charge is 0.364 e. The van der Waals surface area contributed by atoms with E-state index in [-0.39, 0.29) is 17.3 Å². The van der Waals surface area contributed by atoms with Gasteiger partial charge < -0.3 is 15.1 Å². The van der Waals surface area contributed by atoms with Crippen molar-refractivity contribution in [2.45, 2.75) is 26.3 Å². The van der Waals surface area contributed by atoms with E-state index >= 15 is 0 Å². The second kappa shape index (κ2) is 8.68. The standard InChI is InChI=1S/C24H26FN7OS/c1-24(2,3)28-20-19(16-7-9-17(25)10-8-16)27-22-32(20)29-23(34-22)31-14-12-30(13-15-31)21(33)18-6-4-5-11-26-18/h4-11,28H,12-15H2,1-3H3. The van der Waals surface area contributed by atoms with Gasteiger partial charge in [0, 0.05) is 43.5 Å². The summed E-state index contributed by atoms with van der Waals surface area (Å²) in [6.45, 7) is 8.80. The van der Waals surface area contributed by atoms with E-state index in [2.05, 4.69) is 36.0 Å². The number of rotatable bonds is 4. The second-order valence-electron chi connectivity index (χ2n) is 9.26. The fourth-order valence-corrected chi connectivity index (χ4v) is 4.85. The Balaban J connectivity index is 1.39. The molecule has 4 heterocycles. The Bertz CT molecular complexity index is 1300. The topological polar surface area (TPSA) is 78.7 Å². The number of pyridine rings is 1. The molecule has 4 aromatic rings. The number of hydrogen-bond donors (Lipinski definition) is 1. The van der Waals surface area contributed by atoms with E-state index in [4.69, 9.17) is 10.1 Å². The van der Waals surface area contributed by atoms with E-state index < -0.39 is 0 Å². The molecule has 10 heteroatoms. The molecule has 0 spiro atoms. The third-order valence-electron chi connectivity index (χ3n) is 5.53. The number of amides is 1. The zero-order valence-electron chi connectivity index (χ0n) is 19.3. The van der Waals surface area contributed by atoms with Gasteiger partial charge in [-0.25, -0.2) is 9.37 Å². The Morgan fingerprint density at radius 1 is 1.06 bits per heavy atom. The summed E-state index contributed by atoms with van der Waals surface area (Å²) in [5.41, 5.74) is 1.82. The van der Waals surface area contributed by atoms with Crippen LogP contribution in [-0.2, 0) is 0 Å². The Labute approximate surface area is 201 Å². The minimum atomic E-state index is -0.281. The summed E-state index contributed by atoms with van der Waals surface area (Å²) in [6.07, 6.45) is 1.64. The van der Waals surface area contributed by atoms with E-state index in [0.717, 1.165) is 27.2 Å². The first-order valence-electron chi connectivity index (χ1n) is 11.2. The SMILES string of the molecule is CC(C)(C)Nc1c(-c2ccc(F)cc2)nc2sc(N3CCN(C(=O)c4ccccn4)CC3)nn12. The zero-order valence-corrected chi connectivity index (χ0v) is 20.1. The first kappa shape index (κ1) is 22.3. The average molecular weight is 480 g/mol. The number of anilines is 2. The van der Waals surface area contributed by atoms with E-state index in [0.29, 0.717) is 31.9 Å². The molecular weight excluding hydrogens is 453 g/mol. The fourth-order valence-electron chi connectivity index (χ4n) is 3.89. The number of hydrogen-bond acceptors (Lipinski definition) is 7. The highest BCUT2D eigenvalue weighted by Gasteiger charge is 2.27. The van der Waals surface area contributed by atoms with Crippen LogP contribution in [0, 0.1) is 5.82 Å². The lowest BCUT2D eigenvalue weighted by Crippen LogP contribution is -2.49. The number of imidazole rings is 1. The number of nitrogens with zero attached hydrogens (tertiary/aromatic N) is 6. The van der Waals surface area contributed by atoms with Crippen molar-refractivity contribution in [1.82, 2.24) is 24.5 Å². The Morgan fingerprint density at radius 2 is 1.79 bits per heavy atom. The average Bonchev–Trinajstić information content (AvgIpc) is 3.38. The molecule has 0 atom stereocenters. The molecule has 1 aliphatic rings. The molecule has 1 amide bonds. The highest BCUT2D eigenvalue weighted by Crippen LogP contribution is 2.35. The van der Waals surface area contributed by atoms with Crippen molar-refractivity contribution < 1.29 is 9.18 Å². The molecule has 1 fully saturated rings. The zero-order chi connectivity index (χ0) is 23.9. The van der Waals surface area contributed by atoms with Gasteiger partial charge in [-0.1, -0.05) is 17.4 Å². The lowest BCUT2D eigenvalue weighted by atomic mass is 10.1. The summed E-state index contributed by atoms with van der Waals surface area (Å²) in [7, 11) is 0. The number of piperazine rings is 1. The van der Waals surface area contributed by atoms with Gasteiger partial charge in [-0.2, -0.15) is 4.52 Å². The van der Waals surface area contributed by atoms with Crippen LogP contribution >= 0.6 is 11.3 Å². The van der Waals surface area contributed by atoms with Crippen molar-refractivity contribution in [3.05, 3.63) is 60.2 Å². The minimum Gasteiger partial charge on any atom is -0.364 e. The van der Waals surface area contributed by atoms with Gasteiger partial charge in [-0.3, -0.25) is 9.78 Å². The van der Waals surface area contributed by atoms with Crippen molar-refractivity contribution in [3.8, 4) is 11.3 Å². The Morgan fingerprint density at radius 3 is 2.44 bits per heavy atom. The maximum absolute atomic E-state index is 13.5. The van der Waals surface area contributed by atoms with Crippen molar-refractivity contribution in [3.63, 3.8) is 0 Å². The summed E-state index contributed by atoms with van der Waals surface area (Å²) in [6, 6.07) is 11.7. The number of fused-ring (bicyclic) bond motifs is 1. The molecule has 0 bridgehead atoms. The molecule has 1 aromatic carbocycles. The van der Waals surface area contributed by atoms with Crippen LogP contribution in [0.25, 0.3) is 16.2 Å². The third kappa shape index (κ3) is 4.45. The summed E-state index contributed by atoms with van der Waals surface area (Å²) in [5, 5.41) is 9.23. The van der Waals surface area contributed by atoms with Crippen molar-refractivity contribution >= 4 is 33.2 Å². The molecule has 0 saturated carbocycles. The normalized spacial score (nSPS) is 14.6. The smallest absolute Gasteiger partial charge is 0.272 e. The van der Waals surface area contributed by atoms with Gasteiger partial charge in [0.2, 0.25) is 10.1 Å². The molecule has 1 saturated heterocycles. The van der Waals surface area contributed by atoms with Crippen LogP contribution in [0.1, 0.15) is 31.3 Å². The Kier molecular flexibility index (Phi) is 5.68. The van der Waals surface area contributed by atoms with E-state index in [1.807, 2.05) is 15.5 Å². The van der Waals surface area contributed by atoms with Gasteiger partial charge in [-0.15, -0.1) is 5.10 Å². The van der Waals surface area contributed by atoms with Gasteiger partial charge in [0.05, 0.1) is 0 Å². The van der Waals surface area contributed by atoms with Gasteiger partial charge >= 0.3 is 0 Å². The van der Waals surface area contributed by atoms with Gasteiger partial charge in [0.25, 0.3) is 5.91 Å². The van der Waals surface area contributed by atoms with E-state index in [1.165, 1.54) is 23.5 Å². The van der Waals surface area contributed by atoms with Crippen LogP contribution in [0.3, 0.4) is 0 Å². The molecule has 1 aliphatic heterocycles. The van der Waals surface area contributed by atoms with Crippen molar-refractivity contribution in [1.29, 1.82) is 0 Å². The fraction of sp³-hybridized carbons (Fsp3) is 0.333. The molecular formula is C24H26FN7OS. The monoisotopic (exact) mass is 479 g/mol. The van der Waals surface area contributed by atoms with E-state index in [9.17, 15) is 9.18 Å². The van der Waals surface area contributed by atoms with Crippen LogP contribution < -0.4 is 10.2 Å². The van der Waals surface area contributed by atoms with Crippen LogP contribution in [-0.4, -0.2) is 62.1 Å². The predicted molar refractivity (Wildman–Crippen MR) is 132 cm³/mol. The molecule has 1 N–H and O–H groups in total. The molecule has 5 rings (SSSR count). The number of benzene rings is 1. The maximum Gasteiger partial charge on any atom is 0.272 e. The summed E-state index contributed by atoms with van der Waals surface area (Å²) >= 11 is 1.51. The number of halogens is 1. The molecule has 8 nitrogen and oxygen atoms in total.